The Morgan fingerprint density at radius 1 is 1.22 bits per heavy atom. The zero-order valence-corrected chi connectivity index (χ0v) is 12.6. The fourth-order valence-electron chi connectivity index (χ4n) is 1.74. The maximum Gasteiger partial charge on any atom is 0.233 e. The van der Waals surface area contributed by atoms with Crippen molar-refractivity contribution in [3.05, 3.63) is 48.2 Å². The van der Waals surface area contributed by atoms with Crippen molar-refractivity contribution in [1.82, 2.24) is 15.5 Å². The van der Waals surface area contributed by atoms with Gasteiger partial charge >= 0.3 is 0 Å². The summed E-state index contributed by atoms with van der Waals surface area (Å²) in [5.41, 5.74) is 0.599. The van der Waals surface area contributed by atoms with Gasteiger partial charge in [0.1, 0.15) is 25.1 Å². The molecule has 1 heterocycles. The molecule has 0 spiro atoms. The van der Waals surface area contributed by atoms with Gasteiger partial charge in [0.2, 0.25) is 5.88 Å². The van der Waals surface area contributed by atoms with E-state index in [9.17, 15) is 5.11 Å². The molecule has 2 N–H and O–H groups in total. The highest BCUT2D eigenvalue weighted by Gasteiger charge is 2.05. The second kappa shape index (κ2) is 9.35. The quantitative estimate of drug-likeness (QED) is 0.659. The Balaban J connectivity index is 1.55. The molecule has 2 aromatic rings. The molecule has 1 aromatic heterocycles. The van der Waals surface area contributed by atoms with Crippen LogP contribution in [0.25, 0.3) is 0 Å². The van der Waals surface area contributed by atoms with Gasteiger partial charge in [-0.15, -0.1) is 5.10 Å². The van der Waals surface area contributed by atoms with Crippen molar-refractivity contribution in [2.45, 2.75) is 6.10 Å². The lowest BCUT2D eigenvalue weighted by molar-refractivity contribution is 0.102. The molecule has 0 aliphatic heterocycles. The zero-order chi connectivity index (χ0) is 16.3. The number of rotatable bonds is 9. The Morgan fingerprint density at radius 3 is 2.74 bits per heavy atom. The third-order valence-electron chi connectivity index (χ3n) is 2.88. The van der Waals surface area contributed by atoms with E-state index in [0.29, 0.717) is 36.9 Å². The molecule has 0 radical (unpaired) electrons. The Kier molecular flexibility index (Phi) is 6.78. The number of hydrogen-bond donors (Lipinski definition) is 2. The molecule has 1 unspecified atom stereocenters. The first-order chi connectivity index (χ1) is 11.3. The summed E-state index contributed by atoms with van der Waals surface area (Å²) in [4.78, 5) is 0. The predicted molar refractivity (Wildman–Crippen MR) is 83.1 cm³/mol. The van der Waals surface area contributed by atoms with Crippen molar-refractivity contribution in [1.29, 1.82) is 5.26 Å². The molecule has 0 saturated heterocycles. The second-order valence-corrected chi connectivity index (χ2v) is 4.72. The first kappa shape index (κ1) is 16.7. The number of nitrogens with one attached hydrogen (secondary N) is 1. The summed E-state index contributed by atoms with van der Waals surface area (Å²) in [5.74, 6) is 1.09. The molecule has 0 aliphatic carbocycles. The van der Waals surface area contributed by atoms with Gasteiger partial charge in [0.15, 0.2) is 0 Å². The molecule has 7 heteroatoms. The molecular formula is C16H18N4O3. The van der Waals surface area contributed by atoms with Crippen LogP contribution in [0.3, 0.4) is 0 Å². The van der Waals surface area contributed by atoms with Gasteiger partial charge in [0.25, 0.3) is 0 Å². The minimum Gasteiger partial charge on any atom is -0.492 e. The van der Waals surface area contributed by atoms with Crippen LogP contribution in [-0.4, -0.2) is 47.7 Å². The van der Waals surface area contributed by atoms with Crippen LogP contribution >= 0.6 is 0 Å². The van der Waals surface area contributed by atoms with E-state index in [1.165, 1.54) is 0 Å². The van der Waals surface area contributed by atoms with E-state index in [1.54, 1.807) is 42.6 Å². The molecule has 2 rings (SSSR count). The minimum absolute atomic E-state index is 0.141. The molecule has 0 bridgehead atoms. The van der Waals surface area contributed by atoms with Gasteiger partial charge in [-0.25, -0.2) is 0 Å². The molecule has 0 aliphatic rings. The van der Waals surface area contributed by atoms with Gasteiger partial charge in [0.05, 0.1) is 11.6 Å². The SMILES string of the molecule is N#Cc1ccc(OCCNCC(O)COc2cccnn2)cc1. The minimum atomic E-state index is -0.646. The van der Waals surface area contributed by atoms with E-state index in [2.05, 4.69) is 21.6 Å². The average molecular weight is 314 g/mol. The van der Waals surface area contributed by atoms with E-state index in [-0.39, 0.29) is 6.61 Å². The lowest BCUT2D eigenvalue weighted by Gasteiger charge is -2.12. The first-order valence-electron chi connectivity index (χ1n) is 7.20. The van der Waals surface area contributed by atoms with E-state index < -0.39 is 6.10 Å². The summed E-state index contributed by atoms with van der Waals surface area (Å²) >= 11 is 0. The maximum absolute atomic E-state index is 9.78. The third-order valence-corrected chi connectivity index (χ3v) is 2.88. The van der Waals surface area contributed by atoms with Crippen LogP contribution in [0.1, 0.15) is 5.56 Å². The van der Waals surface area contributed by atoms with Crippen molar-refractivity contribution in [2.75, 3.05) is 26.3 Å². The van der Waals surface area contributed by atoms with Crippen LogP contribution in [0, 0.1) is 11.3 Å². The number of benzene rings is 1. The first-order valence-corrected chi connectivity index (χ1v) is 7.20. The largest absolute Gasteiger partial charge is 0.492 e. The Morgan fingerprint density at radius 2 is 2.04 bits per heavy atom. The fraction of sp³-hybridized carbons (Fsp3) is 0.312. The summed E-state index contributed by atoms with van der Waals surface area (Å²) in [6, 6.07) is 12.4. The van der Waals surface area contributed by atoms with Crippen LogP contribution in [0.15, 0.2) is 42.6 Å². The number of nitrogens with zero attached hydrogens (tertiary/aromatic N) is 3. The van der Waals surface area contributed by atoms with Crippen molar-refractivity contribution < 1.29 is 14.6 Å². The van der Waals surface area contributed by atoms with Gasteiger partial charge in [-0.2, -0.15) is 10.4 Å². The molecular weight excluding hydrogens is 296 g/mol. The van der Waals surface area contributed by atoms with Crippen molar-refractivity contribution >= 4 is 0 Å². The number of nitriles is 1. The summed E-state index contributed by atoms with van der Waals surface area (Å²) in [7, 11) is 0. The van der Waals surface area contributed by atoms with Gasteiger partial charge in [-0.3, -0.25) is 0 Å². The van der Waals surface area contributed by atoms with Crippen LogP contribution in [-0.2, 0) is 0 Å². The normalized spacial score (nSPS) is 11.5. The van der Waals surface area contributed by atoms with Crippen LogP contribution in [0.4, 0.5) is 0 Å². The number of aliphatic hydroxyl groups is 1. The lowest BCUT2D eigenvalue weighted by atomic mass is 10.2. The Hall–Kier alpha value is -2.69. The number of ether oxygens (including phenoxy) is 2. The van der Waals surface area contributed by atoms with Gasteiger partial charge < -0.3 is 19.9 Å². The molecule has 120 valence electrons. The number of hydrogen-bond acceptors (Lipinski definition) is 7. The maximum atomic E-state index is 9.78. The summed E-state index contributed by atoms with van der Waals surface area (Å²) < 4.78 is 10.8. The van der Waals surface area contributed by atoms with Gasteiger partial charge in [-0.05, 0) is 30.3 Å². The number of aliphatic hydroxyl groups excluding tert-OH is 1. The fourth-order valence-corrected chi connectivity index (χ4v) is 1.74. The predicted octanol–water partition coefficient (Wildman–Crippen LogP) is 0.757. The van der Waals surface area contributed by atoms with Crippen molar-refractivity contribution in [3.63, 3.8) is 0 Å². The molecule has 1 atom stereocenters. The van der Waals surface area contributed by atoms with Crippen LogP contribution < -0.4 is 14.8 Å². The van der Waals surface area contributed by atoms with E-state index >= 15 is 0 Å². The van der Waals surface area contributed by atoms with Gasteiger partial charge in [0, 0.05) is 25.4 Å². The highest BCUT2D eigenvalue weighted by molar-refractivity contribution is 5.34. The smallest absolute Gasteiger partial charge is 0.233 e. The highest BCUT2D eigenvalue weighted by atomic mass is 16.5. The van der Waals surface area contributed by atoms with E-state index in [1.807, 2.05) is 0 Å². The van der Waals surface area contributed by atoms with Crippen LogP contribution in [0.5, 0.6) is 11.6 Å². The monoisotopic (exact) mass is 314 g/mol. The molecule has 0 amide bonds. The topological polar surface area (TPSA) is 100 Å². The summed E-state index contributed by atoms with van der Waals surface area (Å²) in [6.45, 7) is 1.57. The third kappa shape index (κ3) is 6.30. The molecule has 0 fully saturated rings. The molecule has 7 nitrogen and oxygen atoms in total. The standard InChI is InChI=1S/C16H18N4O3/c17-10-13-3-5-15(6-4-13)22-9-8-18-11-14(21)12-23-16-2-1-7-19-20-16/h1-7,14,18,21H,8-9,11-12H2. The average Bonchev–Trinajstić information content (AvgIpc) is 2.61. The summed E-state index contributed by atoms with van der Waals surface area (Å²) in [5, 5.41) is 29.0. The summed E-state index contributed by atoms with van der Waals surface area (Å²) in [6.07, 6.45) is 0.908. The highest BCUT2D eigenvalue weighted by Crippen LogP contribution is 2.10. The number of aromatic nitrogens is 2. The van der Waals surface area contributed by atoms with Crippen LogP contribution in [0.2, 0.25) is 0 Å². The molecule has 23 heavy (non-hydrogen) atoms. The lowest BCUT2D eigenvalue weighted by Crippen LogP contribution is -2.33. The Bertz CT molecular complexity index is 613. The molecule has 0 saturated carbocycles. The van der Waals surface area contributed by atoms with Gasteiger partial charge in [-0.1, -0.05) is 0 Å². The Labute approximate surface area is 134 Å². The second-order valence-electron chi connectivity index (χ2n) is 4.72. The molecule has 1 aromatic carbocycles. The van der Waals surface area contributed by atoms with E-state index in [4.69, 9.17) is 14.7 Å². The van der Waals surface area contributed by atoms with E-state index in [0.717, 1.165) is 0 Å². The van der Waals surface area contributed by atoms with Crippen molar-refractivity contribution in [3.8, 4) is 17.7 Å². The van der Waals surface area contributed by atoms with Crippen molar-refractivity contribution in [2.24, 2.45) is 0 Å². The zero-order valence-electron chi connectivity index (χ0n) is 12.6.